The Morgan fingerprint density at radius 3 is 2.80 bits per heavy atom. The van der Waals surface area contributed by atoms with Crippen molar-refractivity contribution in [1.82, 2.24) is 4.98 Å². The quantitative estimate of drug-likeness (QED) is 0.899. The van der Waals surface area contributed by atoms with Crippen molar-refractivity contribution in [3.8, 4) is 0 Å². The van der Waals surface area contributed by atoms with Crippen LogP contribution in [0.4, 0.5) is 15.8 Å². The van der Waals surface area contributed by atoms with E-state index in [2.05, 4.69) is 15.6 Å². The zero-order valence-corrected chi connectivity index (χ0v) is 11.4. The van der Waals surface area contributed by atoms with E-state index in [1.54, 1.807) is 31.3 Å². The molecule has 0 aliphatic heterocycles. The molecule has 0 saturated carbocycles. The van der Waals surface area contributed by atoms with Crippen LogP contribution in [0.15, 0.2) is 36.5 Å². The van der Waals surface area contributed by atoms with Crippen LogP contribution >= 0.6 is 0 Å². The normalized spacial score (nSPS) is 10.2. The van der Waals surface area contributed by atoms with Crippen molar-refractivity contribution in [1.29, 1.82) is 0 Å². The summed E-state index contributed by atoms with van der Waals surface area (Å²) in [5.41, 5.74) is 1.82. The van der Waals surface area contributed by atoms with E-state index < -0.39 is 5.82 Å². The molecule has 0 saturated heterocycles. The van der Waals surface area contributed by atoms with Gasteiger partial charge in [0.25, 0.3) is 5.91 Å². The van der Waals surface area contributed by atoms with Crippen molar-refractivity contribution in [3.05, 3.63) is 53.6 Å². The van der Waals surface area contributed by atoms with Gasteiger partial charge in [-0.1, -0.05) is 6.07 Å². The highest BCUT2D eigenvalue weighted by atomic mass is 19.1. The van der Waals surface area contributed by atoms with Crippen LogP contribution in [0.25, 0.3) is 0 Å². The molecular formula is C15H16FN3O. The summed E-state index contributed by atoms with van der Waals surface area (Å²) in [7, 11) is 0. The van der Waals surface area contributed by atoms with Gasteiger partial charge in [-0.25, -0.2) is 4.39 Å². The smallest absolute Gasteiger partial charge is 0.257 e. The van der Waals surface area contributed by atoms with E-state index in [4.69, 9.17) is 0 Å². The Kier molecular flexibility index (Phi) is 4.30. The first-order valence-corrected chi connectivity index (χ1v) is 6.38. The largest absolute Gasteiger partial charge is 0.382 e. The Morgan fingerprint density at radius 2 is 2.10 bits per heavy atom. The summed E-state index contributed by atoms with van der Waals surface area (Å²) in [6.07, 6.45) is 1.65. The fraction of sp³-hybridized carbons (Fsp3) is 0.200. The Balaban J connectivity index is 2.30. The molecular weight excluding hydrogens is 257 g/mol. The number of hydrogen-bond donors (Lipinski definition) is 2. The van der Waals surface area contributed by atoms with Crippen molar-refractivity contribution in [2.24, 2.45) is 0 Å². The highest BCUT2D eigenvalue weighted by Crippen LogP contribution is 2.21. The molecule has 2 rings (SSSR count). The molecule has 1 aromatic heterocycles. The molecule has 0 radical (unpaired) electrons. The Morgan fingerprint density at radius 1 is 1.30 bits per heavy atom. The summed E-state index contributed by atoms with van der Waals surface area (Å²) in [5, 5.41) is 5.62. The molecule has 0 aliphatic rings. The molecule has 0 fully saturated rings. The lowest BCUT2D eigenvalue weighted by Gasteiger charge is -2.12. The lowest BCUT2D eigenvalue weighted by Crippen LogP contribution is -2.16. The molecule has 5 heteroatoms. The summed E-state index contributed by atoms with van der Waals surface area (Å²) in [6, 6.07) is 7.92. The van der Waals surface area contributed by atoms with E-state index in [0.29, 0.717) is 17.9 Å². The maximum atomic E-state index is 13.8. The predicted molar refractivity (Wildman–Crippen MR) is 77.5 cm³/mol. The van der Waals surface area contributed by atoms with Gasteiger partial charge in [0.1, 0.15) is 5.82 Å². The predicted octanol–water partition coefficient (Wildman–Crippen LogP) is 3.21. The van der Waals surface area contributed by atoms with E-state index in [0.717, 1.165) is 0 Å². The number of benzene rings is 1. The third-order valence-corrected chi connectivity index (χ3v) is 2.87. The number of pyridine rings is 1. The number of nitrogens with zero attached hydrogens (tertiary/aromatic N) is 1. The summed E-state index contributed by atoms with van der Waals surface area (Å²) in [5.74, 6) is -0.807. The van der Waals surface area contributed by atoms with Gasteiger partial charge in [-0.15, -0.1) is 0 Å². The summed E-state index contributed by atoms with van der Waals surface area (Å²) < 4.78 is 13.8. The first-order chi connectivity index (χ1) is 9.63. The zero-order chi connectivity index (χ0) is 14.5. The highest BCUT2D eigenvalue weighted by molar-refractivity contribution is 6.08. The van der Waals surface area contributed by atoms with Gasteiger partial charge in [-0.05, 0) is 38.1 Å². The van der Waals surface area contributed by atoms with Gasteiger partial charge in [-0.2, -0.15) is 0 Å². The van der Waals surface area contributed by atoms with Crippen molar-refractivity contribution in [3.63, 3.8) is 0 Å². The average molecular weight is 273 g/mol. The Bertz CT molecular complexity index is 628. The monoisotopic (exact) mass is 273 g/mol. The van der Waals surface area contributed by atoms with Crippen LogP contribution in [-0.2, 0) is 0 Å². The molecule has 104 valence electrons. The number of anilines is 2. The topological polar surface area (TPSA) is 54.0 Å². The lowest BCUT2D eigenvalue weighted by molar-refractivity contribution is 0.102. The molecule has 0 bridgehead atoms. The summed E-state index contributed by atoms with van der Waals surface area (Å²) in [4.78, 5) is 16.4. The van der Waals surface area contributed by atoms with Crippen LogP contribution in [0, 0.1) is 12.7 Å². The molecule has 1 aromatic carbocycles. The van der Waals surface area contributed by atoms with Gasteiger partial charge in [0.15, 0.2) is 0 Å². The first-order valence-electron chi connectivity index (χ1n) is 6.38. The molecule has 0 unspecified atom stereocenters. The molecule has 0 aliphatic carbocycles. The molecule has 20 heavy (non-hydrogen) atoms. The number of amides is 1. The van der Waals surface area contributed by atoms with Crippen molar-refractivity contribution < 1.29 is 9.18 Å². The van der Waals surface area contributed by atoms with Crippen LogP contribution in [0.5, 0.6) is 0 Å². The third kappa shape index (κ3) is 2.93. The fourth-order valence-corrected chi connectivity index (χ4v) is 1.88. The molecule has 4 nitrogen and oxygen atoms in total. The van der Waals surface area contributed by atoms with E-state index in [1.165, 1.54) is 12.1 Å². The molecule has 1 heterocycles. The SMILES string of the molecule is CCNc1c(F)cccc1C(=O)Nc1cccnc1C. The Labute approximate surface area is 117 Å². The number of hydrogen-bond acceptors (Lipinski definition) is 3. The van der Waals surface area contributed by atoms with Crippen molar-refractivity contribution in [2.75, 3.05) is 17.2 Å². The first kappa shape index (κ1) is 14.0. The summed E-state index contributed by atoms with van der Waals surface area (Å²) >= 11 is 0. The van der Waals surface area contributed by atoms with Gasteiger partial charge in [-0.3, -0.25) is 9.78 Å². The van der Waals surface area contributed by atoms with Crippen LogP contribution in [-0.4, -0.2) is 17.4 Å². The number of rotatable bonds is 4. The minimum absolute atomic E-state index is 0.217. The number of aryl methyl sites for hydroxylation is 1. The van der Waals surface area contributed by atoms with Gasteiger partial charge < -0.3 is 10.6 Å². The van der Waals surface area contributed by atoms with Crippen LogP contribution in [0.2, 0.25) is 0 Å². The van der Waals surface area contributed by atoms with Gasteiger partial charge >= 0.3 is 0 Å². The number of carbonyl (C=O) groups excluding carboxylic acids is 1. The van der Waals surface area contributed by atoms with Crippen molar-refractivity contribution in [2.45, 2.75) is 13.8 Å². The molecule has 0 spiro atoms. The van der Waals surface area contributed by atoms with E-state index in [1.807, 2.05) is 6.92 Å². The highest BCUT2D eigenvalue weighted by Gasteiger charge is 2.15. The number of aromatic nitrogens is 1. The average Bonchev–Trinajstić information content (AvgIpc) is 2.43. The van der Waals surface area contributed by atoms with E-state index in [-0.39, 0.29) is 17.2 Å². The minimum atomic E-state index is -0.442. The maximum absolute atomic E-state index is 13.8. The molecule has 0 atom stereocenters. The van der Waals surface area contributed by atoms with E-state index >= 15 is 0 Å². The van der Waals surface area contributed by atoms with Gasteiger partial charge in [0.2, 0.25) is 0 Å². The standard InChI is InChI=1S/C15H16FN3O/c1-3-17-14-11(6-4-7-12(14)16)15(20)19-13-8-5-9-18-10(13)2/h4-9,17H,3H2,1-2H3,(H,19,20). The van der Waals surface area contributed by atoms with Crippen LogP contribution < -0.4 is 10.6 Å². The maximum Gasteiger partial charge on any atom is 0.257 e. The Hall–Kier alpha value is -2.43. The van der Waals surface area contributed by atoms with Crippen molar-refractivity contribution >= 4 is 17.3 Å². The second-order valence-electron chi connectivity index (χ2n) is 4.28. The number of halogens is 1. The zero-order valence-electron chi connectivity index (χ0n) is 11.4. The molecule has 2 aromatic rings. The fourth-order valence-electron chi connectivity index (χ4n) is 1.88. The lowest BCUT2D eigenvalue weighted by atomic mass is 10.1. The number of para-hydroxylation sites is 1. The van der Waals surface area contributed by atoms with E-state index in [9.17, 15) is 9.18 Å². The van der Waals surface area contributed by atoms with Crippen LogP contribution in [0.1, 0.15) is 23.0 Å². The van der Waals surface area contributed by atoms with Gasteiger partial charge in [0.05, 0.1) is 22.6 Å². The molecule has 1 amide bonds. The second-order valence-corrected chi connectivity index (χ2v) is 4.28. The minimum Gasteiger partial charge on any atom is -0.382 e. The number of nitrogens with one attached hydrogen (secondary N) is 2. The van der Waals surface area contributed by atoms with Crippen LogP contribution in [0.3, 0.4) is 0 Å². The summed E-state index contributed by atoms with van der Waals surface area (Å²) in [6.45, 7) is 4.18. The third-order valence-electron chi connectivity index (χ3n) is 2.87. The second kappa shape index (κ2) is 6.14. The number of carbonyl (C=O) groups is 1. The van der Waals surface area contributed by atoms with Gasteiger partial charge in [0, 0.05) is 12.7 Å². The molecule has 2 N–H and O–H groups in total.